The van der Waals surface area contributed by atoms with Gasteiger partial charge in [0.25, 0.3) is 5.91 Å². The second kappa shape index (κ2) is 19.2. The molecule has 3 atom stereocenters. The topological polar surface area (TPSA) is 154 Å². The fourth-order valence-corrected chi connectivity index (χ4v) is 6.18. The minimum Gasteiger partial charge on any atom is -0.381 e. The van der Waals surface area contributed by atoms with Crippen LogP contribution in [0.5, 0.6) is 0 Å². The van der Waals surface area contributed by atoms with Crippen molar-refractivity contribution in [2.45, 2.75) is 103 Å². The Hall–Kier alpha value is -3.50. The Labute approximate surface area is 274 Å². The molecule has 2 aromatic carbocycles. The van der Waals surface area contributed by atoms with Gasteiger partial charge in [-0.05, 0) is 73.5 Å². The van der Waals surface area contributed by atoms with E-state index in [2.05, 4.69) is 22.9 Å². The van der Waals surface area contributed by atoms with Gasteiger partial charge >= 0.3 is 0 Å². The average Bonchev–Trinajstić information content (AvgIpc) is 3.57. The maximum Gasteiger partial charge on any atom is 0.251 e. The van der Waals surface area contributed by atoms with Crippen LogP contribution in [-0.4, -0.2) is 78.0 Å². The van der Waals surface area contributed by atoms with Gasteiger partial charge in [0.2, 0.25) is 17.7 Å². The first kappa shape index (κ1) is 37.0. The van der Waals surface area contributed by atoms with E-state index in [-0.39, 0.29) is 24.3 Å². The van der Waals surface area contributed by atoms with Gasteiger partial charge < -0.3 is 31.7 Å². The summed E-state index contributed by atoms with van der Waals surface area (Å²) in [4.78, 5) is 51.0. The molecule has 2 heterocycles. The highest BCUT2D eigenvalue weighted by Crippen LogP contribution is 2.22. The van der Waals surface area contributed by atoms with Gasteiger partial charge in [0.15, 0.2) is 6.10 Å². The Balaban J connectivity index is 0.000000363. The van der Waals surface area contributed by atoms with Gasteiger partial charge in [-0.1, -0.05) is 89.6 Å². The third-order valence-electron chi connectivity index (χ3n) is 9.05. The van der Waals surface area contributed by atoms with Crippen molar-refractivity contribution in [2.24, 2.45) is 17.6 Å². The number of nitrogens with zero attached hydrogens (tertiary/aromatic N) is 1. The molecule has 3 aliphatic rings. The number of hydrogen-bond donors (Lipinski definition) is 5. The van der Waals surface area contributed by atoms with Crippen molar-refractivity contribution in [2.75, 3.05) is 26.2 Å². The zero-order chi connectivity index (χ0) is 33.5. The van der Waals surface area contributed by atoms with Crippen molar-refractivity contribution in [1.29, 1.82) is 0 Å². The summed E-state index contributed by atoms with van der Waals surface area (Å²) in [5, 5.41) is 20.5. The van der Waals surface area contributed by atoms with E-state index in [1.54, 1.807) is 26.0 Å². The standard InChI is InChI=1S/C24H30N4O5.C7H14.C5H11N/c1-14(2)20(21(30)22(25)31)27-24(33)18-8-5-11-28(18)19(29)13-26-23(32)17-10-9-15-6-3-4-7-16(15)12-17;1-7-5-3-2-4-6-7;1-2-4-6-5-3-1/h3-4,6-7,9-10,12,14,18,20-21,30H,5,8,11,13H2,1-2H3,(H2,25,31)(H,26,32)(H,27,33);7H,2-6H2,1H3;6H,1-5H2. The minimum atomic E-state index is -1.53. The molecule has 0 radical (unpaired) electrons. The lowest BCUT2D eigenvalue weighted by Crippen LogP contribution is -2.56. The second-order valence-electron chi connectivity index (χ2n) is 13.2. The first-order valence-electron chi connectivity index (χ1n) is 17.1. The third-order valence-corrected chi connectivity index (χ3v) is 9.05. The summed E-state index contributed by atoms with van der Waals surface area (Å²) < 4.78 is 0. The molecule has 10 heteroatoms. The summed E-state index contributed by atoms with van der Waals surface area (Å²) in [5.74, 6) is -1.35. The number of aliphatic hydroxyl groups is 1. The Morgan fingerprint density at radius 2 is 1.57 bits per heavy atom. The van der Waals surface area contributed by atoms with Crippen LogP contribution in [0, 0.1) is 11.8 Å². The van der Waals surface area contributed by atoms with Crippen molar-refractivity contribution in [1.82, 2.24) is 20.9 Å². The van der Waals surface area contributed by atoms with Crippen molar-refractivity contribution >= 4 is 34.4 Å². The van der Waals surface area contributed by atoms with Gasteiger partial charge in [-0.15, -0.1) is 0 Å². The van der Waals surface area contributed by atoms with E-state index in [9.17, 15) is 24.3 Å². The molecule has 4 amide bonds. The number of likely N-dealkylation sites (tertiary alicyclic amines) is 1. The molecule has 2 aromatic rings. The zero-order valence-corrected chi connectivity index (χ0v) is 27.9. The van der Waals surface area contributed by atoms with Crippen LogP contribution in [0.15, 0.2) is 42.5 Å². The van der Waals surface area contributed by atoms with Crippen molar-refractivity contribution < 1.29 is 24.3 Å². The molecule has 2 aliphatic heterocycles. The maximum absolute atomic E-state index is 12.8. The lowest BCUT2D eigenvalue weighted by atomic mass is 9.91. The van der Waals surface area contributed by atoms with E-state index < -0.39 is 30.0 Å². The molecule has 1 aliphatic carbocycles. The van der Waals surface area contributed by atoms with Crippen molar-refractivity contribution in [3.63, 3.8) is 0 Å². The molecule has 3 unspecified atom stereocenters. The number of primary amides is 1. The number of nitrogens with one attached hydrogen (secondary N) is 3. The number of rotatable bonds is 8. The van der Waals surface area contributed by atoms with Crippen LogP contribution >= 0.6 is 0 Å². The molecule has 1 saturated carbocycles. The number of aliphatic hydroxyl groups excluding tert-OH is 1. The van der Waals surface area contributed by atoms with Crippen molar-refractivity contribution in [3.05, 3.63) is 48.0 Å². The summed E-state index contributed by atoms with van der Waals surface area (Å²) in [6.07, 6.45) is 11.2. The first-order valence-corrected chi connectivity index (χ1v) is 17.1. The van der Waals surface area contributed by atoms with Crippen LogP contribution in [0.1, 0.15) is 95.3 Å². The van der Waals surface area contributed by atoms with Gasteiger partial charge in [-0.3, -0.25) is 19.2 Å². The lowest BCUT2D eigenvalue weighted by molar-refractivity contribution is -0.139. The molecule has 0 bridgehead atoms. The lowest BCUT2D eigenvalue weighted by Gasteiger charge is -2.29. The number of carbonyl (C=O) groups is 4. The third kappa shape index (κ3) is 11.7. The molecule has 10 nitrogen and oxygen atoms in total. The molecule has 254 valence electrons. The van der Waals surface area contributed by atoms with Crippen LogP contribution in [0.25, 0.3) is 10.8 Å². The maximum atomic E-state index is 12.8. The highest BCUT2D eigenvalue weighted by Gasteiger charge is 2.37. The number of nitrogens with two attached hydrogens (primary N) is 1. The number of amides is 4. The second-order valence-corrected chi connectivity index (χ2v) is 13.2. The molecule has 2 saturated heterocycles. The van der Waals surface area contributed by atoms with Gasteiger partial charge in [-0.25, -0.2) is 0 Å². The largest absolute Gasteiger partial charge is 0.381 e. The number of benzene rings is 2. The van der Waals surface area contributed by atoms with E-state index in [1.165, 1.54) is 69.4 Å². The fourth-order valence-electron chi connectivity index (χ4n) is 6.18. The highest BCUT2D eigenvalue weighted by molar-refractivity contribution is 6.00. The van der Waals surface area contributed by atoms with Gasteiger partial charge in [-0.2, -0.15) is 0 Å². The predicted octanol–water partition coefficient (Wildman–Crippen LogP) is 3.89. The zero-order valence-electron chi connectivity index (χ0n) is 27.9. The minimum absolute atomic E-state index is 0.243. The Kier molecular flexibility index (Phi) is 15.5. The van der Waals surface area contributed by atoms with Gasteiger partial charge in [0, 0.05) is 12.1 Å². The van der Waals surface area contributed by atoms with E-state index >= 15 is 0 Å². The summed E-state index contributed by atoms with van der Waals surface area (Å²) >= 11 is 0. The predicted molar refractivity (Wildman–Crippen MR) is 182 cm³/mol. The molecule has 6 N–H and O–H groups in total. The number of carbonyl (C=O) groups excluding carboxylic acids is 4. The quantitative estimate of drug-likeness (QED) is 0.296. The molecule has 0 spiro atoms. The summed E-state index contributed by atoms with van der Waals surface area (Å²) in [7, 11) is 0. The van der Waals surface area contributed by atoms with E-state index in [4.69, 9.17) is 5.73 Å². The molecule has 3 fully saturated rings. The SMILES string of the molecule is C1CCNCC1.CC(C)C(NC(=O)C1CCCN1C(=O)CNC(=O)c1ccc2ccccc2c1)C(O)C(N)=O.CC1CCCCC1. The molecule has 5 rings (SSSR count). The monoisotopic (exact) mass is 637 g/mol. The number of fused-ring (bicyclic) bond motifs is 1. The Morgan fingerprint density at radius 1 is 0.913 bits per heavy atom. The smallest absolute Gasteiger partial charge is 0.251 e. The molecule has 46 heavy (non-hydrogen) atoms. The van der Waals surface area contributed by atoms with Crippen LogP contribution in [0.2, 0.25) is 0 Å². The average molecular weight is 638 g/mol. The van der Waals surface area contributed by atoms with Crippen LogP contribution < -0.4 is 21.7 Å². The van der Waals surface area contributed by atoms with Crippen LogP contribution in [0.3, 0.4) is 0 Å². The highest BCUT2D eigenvalue weighted by atomic mass is 16.3. The molecular formula is C36H55N5O5. The van der Waals surface area contributed by atoms with Crippen LogP contribution in [-0.2, 0) is 14.4 Å². The number of hydrogen-bond acceptors (Lipinski definition) is 6. The summed E-state index contributed by atoms with van der Waals surface area (Å²) in [6.45, 7) is 8.49. The normalized spacial score (nSPS) is 19.6. The number of piperidine rings is 1. The van der Waals surface area contributed by atoms with Gasteiger partial charge in [0.05, 0.1) is 12.6 Å². The van der Waals surface area contributed by atoms with Crippen LogP contribution in [0.4, 0.5) is 0 Å². The van der Waals surface area contributed by atoms with E-state index in [0.29, 0.717) is 24.9 Å². The molecular weight excluding hydrogens is 582 g/mol. The fraction of sp³-hybridized carbons (Fsp3) is 0.611. The van der Waals surface area contributed by atoms with E-state index in [1.807, 2.05) is 30.3 Å². The van der Waals surface area contributed by atoms with E-state index in [0.717, 1.165) is 16.7 Å². The Morgan fingerprint density at radius 3 is 2.11 bits per heavy atom. The van der Waals surface area contributed by atoms with Gasteiger partial charge in [0.1, 0.15) is 6.04 Å². The summed E-state index contributed by atoms with van der Waals surface area (Å²) in [6, 6.07) is 11.4. The molecule has 0 aromatic heterocycles. The first-order chi connectivity index (χ1) is 22.1. The summed E-state index contributed by atoms with van der Waals surface area (Å²) in [5.41, 5.74) is 5.62. The van der Waals surface area contributed by atoms with Crippen molar-refractivity contribution in [3.8, 4) is 0 Å². The Bertz CT molecular complexity index is 1260.